The Morgan fingerprint density at radius 3 is 2.62 bits per heavy atom. The van der Waals surface area contributed by atoms with Gasteiger partial charge >= 0.3 is 6.03 Å². The SMILES string of the molecule is CNC(=O)NC(=O)[C@H](c1ccccc1)[NH+]1CCNC(=O)C1. The van der Waals surface area contributed by atoms with Gasteiger partial charge in [-0.3, -0.25) is 14.9 Å². The summed E-state index contributed by atoms with van der Waals surface area (Å²) in [6.07, 6.45) is 0. The van der Waals surface area contributed by atoms with Gasteiger partial charge in [0.25, 0.3) is 11.8 Å². The van der Waals surface area contributed by atoms with Gasteiger partial charge in [0.1, 0.15) is 0 Å². The fraction of sp³-hybridized carbons (Fsp3) is 0.357. The second-order valence-corrected chi connectivity index (χ2v) is 4.85. The number of carbonyl (C=O) groups is 3. The molecule has 0 bridgehead atoms. The third-order valence-corrected chi connectivity index (χ3v) is 3.42. The van der Waals surface area contributed by atoms with Gasteiger partial charge in [0.2, 0.25) is 0 Å². The number of imide groups is 1. The van der Waals surface area contributed by atoms with Gasteiger partial charge in [0.05, 0.1) is 13.1 Å². The molecule has 0 aliphatic carbocycles. The third kappa shape index (κ3) is 3.79. The molecule has 0 radical (unpaired) electrons. The molecule has 1 unspecified atom stereocenters. The van der Waals surface area contributed by atoms with Gasteiger partial charge in [-0.25, -0.2) is 4.79 Å². The Kier molecular flexibility index (Phi) is 4.89. The van der Waals surface area contributed by atoms with E-state index in [1.165, 1.54) is 7.05 Å². The molecular weight excluding hydrogens is 272 g/mol. The zero-order chi connectivity index (χ0) is 15.2. The first kappa shape index (κ1) is 15.0. The van der Waals surface area contributed by atoms with Crippen molar-refractivity contribution < 1.29 is 19.3 Å². The molecule has 1 fully saturated rings. The van der Waals surface area contributed by atoms with E-state index in [4.69, 9.17) is 0 Å². The molecule has 1 aromatic rings. The minimum Gasteiger partial charge on any atom is -0.346 e. The van der Waals surface area contributed by atoms with Gasteiger partial charge < -0.3 is 15.5 Å². The summed E-state index contributed by atoms with van der Waals surface area (Å²) in [5, 5.41) is 7.39. The quantitative estimate of drug-likeness (QED) is 0.529. The van der Waals surface area contributed by atoms with E-state index in [9.17, 15) is 14.4 Å². The molecule has 1 aliphatic rings. The topological polar surface area (TPSA) is 91.7 Å². The molecule has 7 heteroatoms. The van der Waals surface area contributed by atoms with Crippen molar-refractivity contribution >= 4 is 17.8 Å². The van der Waals surface area contributed by atoms with Crippen LogP contribution >= 0.6 is 0 Å². The molecule has 4 N–H and O–H groups in total. The van der Waals surface area contributed by atoms with Crippen molar-refractivity contribution in [3.63, 3.8) is 0 Å². The van der Waals surface area contributed by atoms with Gasteiger partial charge in [-0.05, 0) is 0 Å². The lowest BCUT2D eigenvalue weighted by molar-refractivity contribution is -0.915. The zero-order valence-electron chi connectivity index (χ0n) is 11.8. The lowest BCUT2D eigenvalue weighted by atomic mass is 10.0. The second kappa shape index (κ2) is 6.85. The van der Waals surface area contributed by atoms with Crippen LogP contribution in [0.25, 0.3) is 0 Å². The monoisotopic (exact) mass is 291 g/mol. The van der Waals surface area contributed by atoms with Crippen LogP contribution in [0.2, 0.25) is 0 Å². The molecule has 2 atom stereocenters. The molecule has 0 aromatic heterocycles. The van der Waals surface area contributed by atoms with Crippen molar-refractivity contribution in [1.82, 2.24) is 16.0 Å². The van der Waals surface area contributed by atoms with Crippen LogP contribution in [0.15, 0.2) is 30.3 Å². The Bertz CT molecular complexity index is 532. The van der Waals surface area contributed by atoms with Crippen molar-refractivity contribution in [2.24, 2.45) is 0 Å². The summed E-state index contributed by atoms with van der Waals surface area (Å²) in [7, 11) is 1.45. The minimum atomic E-state index is -0.588. The van der Waals surface area contributed by atoms with E-state index in [-0.39, 0.29) is 12.5 Å². The summed E-state index contributed by atoms with van der Waals surface area (Å²) < 4.78 is 0. The van der Waals surface area contributed by atoms with Crippen LogP contribution in [-0.2, 0) is 9.59 Å². The Hall–Kier alpha value is -2.41. The number of amides is 4. The minimum absolute atomic E-state index is 0.0927. The largest absolute Gasteiger partial charge is 0.346 e. The Balaban J connectivity index is 2.24. The van der Waals surface area contributed by atoms with Gasteiger partial charge in [-0.15, -0.1) is 0 Å². The number of quaternary nitrogens is 1. The van der Waals surface area contributed by atoms with Gasteiger partial charge in [0, 0.05) is 12.6 Å². The van der Waals surface area contributed by atoms with E-state index < -0.39 is 18.0 Å². The summed E-state index contributed by atoms with van der Waals surface area (Å²) in [5.74, 6) is -0.504. The van der Waals surface area contributed by atoms with Crippen molar-refractivity contribution in [3.05, 3.63) is 35.9 Å². The predicted octanol–water partition coefficient (Wildman–Crippen LogP) is -1.80. The number of nitrogens with one attached hydrogen (secondary N) is 4. The highest BCUT2D eigenvalue weighted by Gasteiger charge is 2.35. The number of carbonyl (C=O) groups excluding carboxylic acids is 3. The maximum Gasteiger partial charge on any atom is 0.321 e. The van der Waals surface area contributed by atoms with Gasteiger partial charge in [-0.2, -0.15) is 0 Å². The molecule has 7 nitrogen and oxygen atoms in total. The number of rotatable bonds is 3. The van der Waals surface area contributed by atoms with Crippen LogP contribution in [0.1, 0.15) is 11.6 Å². The van der Waals surface area contributed by atoms with E-state index in [1.807, 2.05) is 30.3 Å². The predicted molar refractivity (Wildman–Crippen MR) is 75.5 cm³/mol. The molecule has 1 aliphatic heterocycles. The molecule has 21 heavy (non-hydrogen) atoms. The number of hydrogen-bond acceptors (Lipinski definition) is 3. The summed E-state index contributed by atoms with van der Waals surface area (Å²) >= 11 is 0. The molecule has 0 saturated carbocycles. The van der Waals surface area contributed by atoms with Gasteiger partial charge in [-0.1, -0.05) is 30.3 Å². The highest BCUT2D eigenvalue weighted by molar-refractivity contribution is 5.96. The highest BCUT2D eigenvalue weighted by atomic mass is 16.2. The maximum absolute atomic E-state index is 12.4. The average molecular weight is 291 g/mol. The summed E-state index contributed by atoms with van der Waals surface area (Å²) in [4.78, 5) is 36.2. The van der Waals surface area contributed by atoms with Crippen LogP contribution in [0.5, 0.6) is 0 Å². The summed E-state index contributed by atoms with van der Waals surface area (Å²) in [6, 6.07) is 8.03. The lowest BCUT2D eigenvalue weighted by Gasteiger charge is -2.30. The van der Waals surface area contributed by atoms with Crippen LogP contribution in [0, 0.1) is 0 Å². The van der Waals surface area contributed by atoms with Gasteiger partial charge in [0.15, 0.2) is 12.6 Å². The van der Waals surface area contributed by atoms with Crippen molar-refractivity contribution in [2.45, 2.75) is 6.04 Å². The second-order valence-electron chi connectivity index (χ2n) is 4.85. The average Bonchev–Trinajstić information content (AvgIpc) is 2.48. The number of benzene rings is 1. The van der Waals surface area contributed by atoms with Crippen molar-refractivity contribution in [3.8, 4) is 0 Å². The standard InChI is InChI=1S/C14H18N4O3/c1-15-14(21)17-13(20)12(10-5-3-2-4-6-10)18-8-7-16-11(19)9-18/h2-6,12H,7-9H2,1H3,(H,16,19)(H2,15,17,20,21)/p+1/t12-/m0/s1. The smallest absolute Gasteiger partial charge is 0.321 e. The maximum atomic E-state index is 12.4. The van der Waals surface area contributed by atoms with Crippen LogP contribution in [0.3, 0.4) is 0 Å². The summed E-state index contributed by atoms with van der Waals surface area (Å²) in [5.41, 5.74) is 0.781. The molecule has 1 saturated heterocycles. The van der Waals surface area contributed by atoms with E-state index in [2.05, 4.69) is 16.0 Å². The highest BCUT2D eigenvalue weighted by Crippen LogP contribution is 2.09. The fourth-order valence-corrected chi connectivity index (χ4v) is 2.43. The molecule has 2 rings (SSSR count). The van der Waals surface area contributed by atoms with Crippen molar-refractivity contribution in [1.29, 1.82) is 0 Å². The first-order valence-electron chi connectivity index (χ1n) is 6.80. The molecule has 0 spiro atoms. The van der Waals surface area contributed by atoms with E-state index in [1.54, 1.807) is 0 Å². The van der Waals surface area contributed by atoms with E-state index in [0.717, 1.165) is 10.5 Å². The summed E-state index contributed by atoms with van der Waals surface area (Å²) in [6.45, 7) is 1.36. The first-order valence-corrected chi connectivity index (χ1v) is 6.80. The number of urea groups is 1. The molecule has 4 amide bonds. The number of hydrogen-bond donors (Lipinski definition) is 4. The molecule has 1 heterocycles. The van der Waals surface area contributed by atoms with Crippen LogP contribution in [0.4, 0.5) is 4.79 Å². The fourth-order valence-electron chi connectivity index (χ4n) is 2.43. The molecular formula is C14H19N4O3+. The van der Waals surface area contributed by atoms with E-state index in [0.29, 0.717) is 13.1 Å². The Labute approximate surface area is 122 Å². The zero-order valence-corrected chi connectivity index (χ0v) is 11.8. The van der Waals surface area contributed by atoms with Crippen LogP contribution in [-0.4, -0.2) is 44.5 Å². The van der Waals surface area contributed by atoms with E-state index >= 15 is 0 Å². The normalized spacial score (nSPS) is 19.3. The van der Waals surface area contributed by atoms with Crippen LogP contribution < -0.4 is 20.9 Å². The first-order chi connectivity index (χ1) is 10.1. The Morgan fingerprint density at radius 1 is 1.29 bits per heavy atom. The molecule has 1 aromatic carbocycles. The Morgan fingerprint density at radius 2 is 2.00 bits per heavy atom. The lowest BCUT2D eigenvalue weighted by Crippen LogP contribution is -3.16. The van der Waals surface area contributed by atoms with Crippen molar-refractivity contribution in [2.75, 3.05) is 26.7 Å². The third-order valence-electron chi connectivity index (χ3n) is 3.42. The molecule has 112 valence electrons. The number of piperazine rings is 1.